The van der Waals surface area contributed by atoms with Crippen LogP contribution in [0.25, 0.3) is 0 Å². The second-order valence-electron chi connectivity index (χ2n) is 5.95. The van der Waals surface area contributed by atoms with E-state index in [9.17, 15) is 14.4 Å². The average Bonchev–Trinajstić information content (AvgIpc) is 3.07. The van der Waals surface area contributed by atoms with Gasteiger partial charge in [0.15, 0.2) is 0 Å². The van der Waals surface area contributed by atoms with Crippen LogP contribution in [0.1, 0.15) is 44.1 Å². The van der Waals surface area contributed by atoms with Crippen LogP contribution >= 0.6 is 11.6 Å². The molecule has 0 radical (unpaired) electrons. The van der Waals surface area contributed by atoms with Crippen molar-refractivity contribution in [2.75, 3.05) is 6.54 Å². The van der Waals surface area contributed by atoms with Gasteiger partial charge >= 0.3 is 6.09 Å². The predicted molar refractivity (Wildman–Crippen MR) is 87.8 cm³/mol. The third kappa shape index (κ3) is 5.00. The summed E-state index contributed by atoms with van der Waals surface area (Å²) in [6.45, 7) is 0.344. The number of hydrogen-bond acceptors (Lipinski definition) is 3. The lowest BCUT2D eigenvalue weighted by Crippen LogP contribution is -2.28. The van der Waals surface area contributed by atoms with Gasteiger partial charge in [-0.05, 0) is 37.7 Å². The van der Waals surface area contributed by atoms with E-state index in [0.29, 0.717) is 25.3 Å². The molecule has 1 aromatic rings. The number of nitriles is 1. The third-order valence-electron chi connectivity index (χ3n) is 4.29. The minimum Gasteiger partial charge on any atom is -0.489 e. The summed E-state index contributed by atoms with van der Waals surface area (Å²) in [6.07, 6.45) is 4.43. The van der Waals surface area contributed by atoms with Crippen LogP contribution in [0.4, 0.5) is 9.18 Å². The summed E-state index contributed by atoms with van der Waals surface area (Å²) in [5.74, 6) is -0.0131. The number of halogens is 2. The first-order valence-corrected chi connectivity index (χ1v) is 8.41. The fourth-order valence-electron chi connectivity index (χ4n) is 3.10. The van der Waals surface area contributed by atoms with Crippen LogP contribution in [0.3, 0.4) is 0 Å². The lowest BCUT2D eigenvalue weighted by molar-refractivity contribution is 0.123. The van der Waals surface area contributed by atoms with Crippen LogP contribution in [0.2, 0.25) is 5.02 Å². The number of ether oxygens (including phenoxy) is 1. The Kier molecular flexibility index (Phi) is 6.68. The van der Waals surface area contributed by atoms with Crippen molar-refractivity contribution in [3.05, 3.63) is 28.5 Å². The van der Waals surface area contributed by atoms with E-state index in [0.717, 1.165) is 31.7 Å². The summed E-state index contributed by atoms with van der Waals surface area (Å²) in [5.41, 5.74) is 0.114. The van der Waals surface area contributed by atoms with Crippen molar-refractivity contribution in [3.63, 3.8) is 0 Å². The molecule has 5 nitrogen and oxygen atoms in total. The molecule has 0 heterocycles. The highest BCUT2D eigenvalue weighted by Crippen LogP contribution is 2.34. The summed E-state index contributed by atoms with van der Waals surface area (Å²) in [7, 11) is 0. The van der Waals surface area contributed by atoms with Gasteiger partial charge in [0, 0.05) is 12.6 Å². The van der Waals surface area contributed by atoms with Crippen LogP contribution in [-0.4, -0.2) is 23.8 Å². The van der Waals surface area contributed by atoms with Gasteiger partial charge in [0.2, 0.25) is 0 Å². The maximum atomic E-state index is 13.5. The molecule has 0 saturated heterocycles. The number of carboxylic acid groups (broad SMARTS) is 1. The van der Waals surface area contributed by atoms with E-state index < -0.39 is 11.9 Å². The fraction of sp³-hybridized carbons (Fsp3) is 0.529. The van der Waals surface area contributed by atoms with E-state index in [2.05, 4.69) is 5.32 Å². The van der Waals surface area contributed by atoms with Gasteiger partial charge in [0.25, 0.3) is 0 Å². The van der Waals surface area contributed by atoms with Gasteiger partial charge < -0.3 is 15.2 Å². The molecule has 0 spiro atoms. The van der Waals surface area contributed by atoms with Gasteiger partial charge in [0.05, 0.1) is 10.6 Å². The van der Waals surface area contributed by atoms with E-state index in [1.807, 2.05) is 6.07 Å². The number of amides is 1. The Labute approximate surface area is 145 Å². The van der Waals surface area contributed by atoms with Gasteiger partial charge in [-0.1, -0.05) is 24.4 Å². The van der Waals surface area contributed by atoms with E-state index >= 15 is 0 Å². The molecular weight excluding hydrogens is 335 g/mol. The molecule has 130 valence electrons. The Balaban J connectivity index is 2.08. The van der Waals surface area contributed by atoms with Crippen LogP contribution in [-0.2, 0) is 0 Å². The molecule has 2 rings (SSSR count). The average molecular weight is 355 g/mol. The first kappa shape index (κ1) is 18.3. The largest absolute Gasteiger partial charge is 0.489 e. The minimum atomic E-state index is -1.05. The molecule has 24 heavy (non-hydrogen) atoms. The molecule has 0 aliphatic heterocycles. The number of rotatable bonds is 7. The zero-order valence-electron chi connectivity index (χ0n) is 13.2. The summed E-state index contributed by atoms with van der Waals surface area (Å²) in [6, 6.07) is 4.35. The SMILES string of the molecule is N#Cc1cc(F)c(Cl)cc1OC(CCCNC(=O)O)C1CCCC1. The predicted octanol–water partition coefficient (Wildman–Crippen LogP) is 4.34. The Morgan fingerprint density at radius 3 is 2.83 bits per heavy atom. The molecule has 7 heteroatoms. The van der Waals surface area contributed by atoms with Crippen LogP contribution in [0.15, 0.2) is 12.1 Å². The maximum Gasteiger partial charge on any atom is 0.404 e. The zero-order valence-corrected chi connectivity index (χ0v) is 14.0. The Morgan fingerprint density at radius 2 is 2.21 bits per heavy atom. The van der Waals surface area contributed by atoms with Crippen molar-refractivity contribution in [2.45, 2.75) is 44.6 Å². The quantitative estimate of drug-likeness (QED) is 0.714. The van der Waals surface area contributed by atoms with Gasteiger partial charge in [-0.15, -0.1) is 0 Å². The molecule has 1 fully saturated rings. The minimum absolute atomic E-state index is 0.0817. The summed E-state index contributed by atoms with van der Waals surface area (Å²) >= 11 is 5.81. The molecule has 1 aromatic carbocycles. The van der Waals surface area contributed by atoms with Crippen molar-refractivity contribution in [1.82, 2.24) is 5.32 Å². The van der Waals surface area contributed by atoms with Crippen molar-refractivity contribution < 1.29 is 19.0 Å². The highest BCUT2D eigenvalue weighted by Gasteiger charge is 2.27. The highest BCUT2D eigenvalue weighted by molar-refractivity contribution is 6.30. The van der Waals surface area contributed by atoms with Crippen molar-refractivity contribution in [2.24, 2.45) is 5.92 Å². The number of nitrogens with zero attached hydrogens (tertiary/aromatic N) is 1. The molecule has 0 aromatic heterocycles. The van der Waals surface area contributed by atoms with Crippen molar-refractivity contribution in [3.8, 4) is 11.8 Å². The van der Waals surface area contributed by atoms with E-state index in [1.165, 1.54) is 6.07 Å². The van der Waals surface area contributed by atoms with Crippen LogP contribution in [0, 0.1) is 23.1 Å². The second-order valence-corrected chi connectivity index (χ2v) is 6.36. The molecule has 0 bridgehead atoms. The van der Waals surface area contributed by atoms with Gasteiger partial charge in [0.1, 0.15) is 23.7 Å². The third-order valence-corrected chi connectivity index (χ3v) is 4.58. The van der Waals surface area contributed by atoms with Crippen molar-refractivity contribution >= 4 is 17.7 Å². The lowest BCUT2D eigenvalue weighted by Gasteiger charge is -2.25. The number of hydrogen-bond donors (Lipinski definition) is 2. The molecule has 1 aliphatic carbocycles. The topological polar surface area (TPSA) is 82.3 Å². The number of benzene rings is 1. The van der Waals surface area contributed by atoms with E-state index in [4.69, 9.17) is 21.4 Å². The Morgan fingerprint density at radius 1 is 1.50 bits per heavy atom. The molecular formula is C17H20ClFN2O3. The molecule has 1 aliphatic rings. The molecule has 1 unspecified atom stereocenters. The summed E-state index contributed by atoms with van der Waals surface area (Å²) in [5, 5.41) is 20.0. The summed E-state index contributed by atoms with van der Waals surface area (Å²) < 4.78 is 19.5. The lowest BCUT2D eigenvalue weighted by atomic mass is 9.96. The van der Waals surface area contributed by atoms with Gasteiger partial charge in [-0.3, -0.25) is 0 Å². The van der Waals surface area contributed by atoms with Crippen LogP contribution in [0.5, 0.6) is 5.75 Å². The highest BCUT2D eigenvalue weighted by atomic mass is 35.5. The molecule has 2 N–H and O–H groups in total. The smallest absolute Gasteiger partial charge is 0.404 e. The Bertz CT molecular complexity index is 627. The van der Waals surface area contributed by atoms with Gasteiger partial charge in [-0.25, -0.2) is 9.18 Å². The molecule has 1 amide bonds. The van der Waals surface area contributed by atoms with Gasteiger partial charge in [-0.2, -0.15) is 5.26 Å². The Hall–Kier alpha value is -2.00. The zero-order chi connectivity index (χ0) is 17.5. The number of carbonyl (C=O) groups is 1. The first-order valence-electron chi connectivity index (χ1n) is 8.04. The normalized spacial score (nSPS) is 15.7. The van der Waals surface area contributed by atoms with Crippen LogP contribution < -0.4 is 10.1 Å². The molecule has 1 saturated carbocycles. The second kappa shape index (κ2) is 8.74. The van der Waals surface area contributed by atoms with E-state index in [-0.39, 0.29) is 22.4 Å². The van der Waals surface area contributed by atoms with Crippen molar-refractivity contribution in [1.29, 1.82) is 5.26 Å². The maximum absolute atomic E-state index is 13.5. The monoisotopic (exact) mass is 354 g/mol. The molecule has 1 atom stereocenters. The van der Waals surface area contributed by atoms with E-state index in [1.54, 1.807) is 0 Å². The first-order chi connectivity index (χ1) is 11.5. The fourth-order valence-corrected chi connectivity index (χ4v) is 3.25. The number of nitrogens with one attached hydrogen (secondary N) is 1. The summed E-state index contributed by atoms with van der Waals surface area (Å²) in [4.78, 5) is 10.5. The standard InChI is InChI=1S/C17H20ClFN2O3/c18-13-9-16(12(10-20)8-14(13)19)24-15(11-4-1-2-5-11)6-3-7-21-17(22)23/h8-9,11,15,21H,1-7H2,(H,22,23).